The van der Waals surface area contributed by atoms with E-state index in [4.69, 9.17) is 9.15 Å². The topological polar surface area (TPSA) is 32.1 Å². The lowest BCUT2D eigenvalue weighted by atomic mass is 9.70. The maximum absolute atomic E-state index is 5.62. The predicted octanol–water partition coefficient (Wildman–Crippen LogP) is 7.01. The van der Waals surface area contributed by atoms with E-state index in [-0.39, 0.29) is 12.4 Å². The lowest BCUT2D eigenvalue weighted by Gasteiger charge is -2.39. The van der Waals surface area contributed by atoms with Crippen LogP contribution < -0.4 is 9.80 Å². The molecule has 0 saturated carbocycles. The van der Waals surface area contributed by atoms with Crippen molar-refractivity contribution in [3.05, 3.63) is 54.0 Å². The second kappa shape index (κ2) is 12.7. The monoisotopic (exact) mass is 527 g/mol. The van der Waals surface area contributed by atoms with Gasteiger partial charge in [0.05, 0.1) is 18.9 Å². The van der Waals surface area contributed by atoms with Crippen molar-refractivity contribution in [2.45, 2.75) is 71.4 Å². The van der Waals surface area contributed by atoms with Gasteiger partial charge in [-0.05, 0) is 73.4 Å². The van der Waals surface area contributed by atoms with Gasteiger partial charge in [-0.2, -0.15) is 0 Å². The highest BCUT2D eigenvalue weighted by Crippen LogP contribution is 2.45. The molecule has 37 heavy (non-hydrogen) atoms. The van der Waals surface area contributed by atoms with Crippen LogP contribution in [-0.4, -0.2) is 57.4 Å². The molecule has 0 bridgehead atoms. The van der Waals surface area contributed by atoms with E-state index in [1.54, 1.807) is 11.8 Å². The van der Waals surface area contributed by atoms with Crippen LogP contribution in [0.4, 0.5) is 11.4 Å². The Morgan fingerprint density at radius 1 is 0.973 bits per heavy atom. The van der Waals surface area contributed by atoms with Crippen LogP contribution in [0.2, 0.25) is 0 Å². The SMILES string of the molecule is CCC1(CC)CC=C(c2cc(N3CCC(OC)CC3)ccc2N2CCN(Cc3ccco3)CC2)CC1.Cl. The maximum atomic E-state index is 5.62. The number of methoxy groups -OCH3 is 1. The van der Waals surface area contributed by atoms with Crippen molar-refractivity contribution in [3.63, 3.8) is 0 Å². The van der Waals surface area contributed by atoms with Crippen LogP contribution in [-0.2, 0) is 11.3 Å². The second-order valence-corrected chi connectivity index (χ2v) is 11.1. The predicted molar refractivity (Wildman–Crippen MR) is 157 cm³/mol. The number of rotatable bonds is 8. The summed E-state index contributed by atoms with van der Waals surface area (Å²) in [4.78, 5) is 7.70. The fraction of sp³-hybridized carbons (Fsp3) is 0.613. The molecule has 2 aliphatic heterocycles. The van der Waals surface area contributed by atoms with E-state index >= 15 is 0 Å². The van der Waals surface area contributed by atoms with Crippen molar-refractivity contribution in [2.24, 2.45) is 5.41 Å². The van der Waals surface area contributed by atoms with Gasteiger partial charge >= 0.3 is 0 Å². The number of allylic oxidation sites excluding steroid dienone is 2. The maximum Gasteiger partial charge on any atom is 0.117 e. The minimum atomic E-state index is 0. The number of anilines is 2. The van der Waals surface area contributed by atoms with Crippen LogP contribution in [0.15, 0.2) is 47.1 Å². The van der Waals surface area contributed by atoms with Crippen molar-refractivity contribution in [1.82, 2.24) is 4.90 Å². The van der Waals surface area contributed by atoms with Crippen molar-refractivity contribution in [1.29, 1.82) is 0 Å². The number of hydrogen-bond donors (Lipinski definition) is 0. The molecule has 1 aromatic heterocycles. The zero-order valence-electron chi connectivity index (χ0n) is 23.1. The van der Waals surface area contributed by atoms with E-state index in [1.807, 2.05) is 13.2 Å². The molecule has 1 aliphatic carbocycles. The summed E-state index contributed by atoms with van der Waals surface area (Å²) < 4.78 is 11.2. The van der Waals surface area contributed by atoms with Crippen LogP contribution in [0.5, 0.6) is 0 Å². The summed E-state index contributed by atoms with van der Waals surface area (Å²) in [5, 5.41) is 0. The molecule has 6 heteroatoms. The van der Waals surface area contributed by atoms with Gasteiger partial charge in [-0.25, -0.2) is 0 Å². The van der Waals surface area contributed by atoms with E-state index in [2.05, 4.69) is 58.9 Å². The first-order valence-electron chi connectivity index (χ1n) is 14.2. The third kappa shape index (κ3) is 6.38. The van der Waals surface area contributed by atoms with E-state index in [1.165, 1.54) is 49.0 Å². The highest BCUT2D eigenvalue weighted by molar-refractivity contribution is 5.85. The summed E-state index contributed by atoms with van der Waals surface area (Å²) in [6.45, 7) is 12.1. The molecule has 0 atom stereocenters. The Balaban J connectivity index is 0.00000320. The molecular formula is C31H46ClN3O2. The molecule has 3 aliphatic rings. The van der Waals surface area contributed by atoms with Gasteiger partial charge in [-0.15, -0.1) is 12.4 Å². The summed E-state index contributed by atoms with van der Waals surface area (Å²) in [6.07, 6.45) is 13.3. The standard InChI is InChI=1S/C31H45N3O2.ClH/c1-4-31(5-2)14-10-25(11-15-31)29-23-26(33-16-12-27(35-3)13-17-33)8-9-30(29)34-20-18-32(19-21-34)24-28-7-6-22-36-28;/h6-10,22-23,27H,4-5,11-21,24H2,1-3H3;1H. The number of halogens is 1. The molecule has 0 spiro atoms. The zero-order chi connectivity index (χ0) is 25.0. The van der Waals surface area contributed by atoms with E-state index in [0.29, 0.717) is 11.5 Å². The summed E-state index contributed by atoms with van der Waals surface area (Å²) in [6, 6.07) is 11.4. The average Bonchev–Trinajstić information content (AvgIpc) is 3.46. The smallest absolute Gasteiger partial charge is 0.117 e. The van der Waals surface area contributed by atoms with Gasteiger partial charge in [0, 0.05) is 63.3 Å². The number of piperidine rings is 1. The van der Waals surface area contributed by atoms with Gasteiger partial charge in [0.25, 0.3) is 0 Å². The van der Waals surface area contributed by atoms with Crippen LogP contribution >= 0.6 is 12.4 Å². The van der Waals surface area contributed by atoms with Crippen LogP contribution in [0.1, 0.15) is 70.1 Å². The molecule has 5 rings (SSSR count). The summed E-state index contributed by atoms with van der Waals surface area (Å²) >= 11 is 0. The normalized spacial score (nSPS) is 21.0. The first-order valence-corrected chi connectivity index (χ1v) is 14.2. The number of furan rings is 1. The first-order chi connectivity index (χ1) is 17.6. The third-order valence-electron chi connectivity index (χ3n) is 9.35. The number of nitrogens with zero attached hydrogens (tertiary/aromatic N) is 3. The van der Waals surface area contributed by atoms with Crippen LogP contribution in [0, 0.1) is 5.41 Å². The van der Waals surface area contributed by atoms with Crippen molar-refractivity contribution in [3.8, 4) is 0 Å². The fourth-order valence-corrected chi connectivity index (χ4v) is 6.45. The number of benzene rings is 1. The van der Waals surface area contributed by atoms with Gasteiger partial charge < -0.3 is 19.0 Å². The molecule has 0 N–H and O–H groups in total. The molecule has 0 amide bonds. The summed E-state index contributed by atoms with van der Waals surface area (Å²) in [7, 11) is 1.85. The molecule has 2 saturated heterocycles. The Kier molecular flexibility index (Phi) is 9.66. The average molecular weight is 528 g/mol. The molecule has 204 valence electrons. The minimum absolute atomic E-state index is 0. The van der Waals surface area contributed by atoms with Gasteiger partial charge in [0.15, 0.2) is 0 Å². The van der Waals surface area contributed by atoms with E-state index < -0.39 is 0 Å². The van der Waals surface area contributed by atoms with E-state index in [9.17, 15) is 0 Å². The van der Waals surface area contributed by atoms with E-state index in [0.717, 1.165) is 64.4 Å². The number of hydrogen-bond acceptors (Lipinski definition) is 5. The molecule has 1 aromatic carbocycles. The Labute approximate surface area is 230 Å². The molecule has 0 radical (unpaired) electrons. The highest BCUT2D eigenvalue weighted by atomic mass is 35.5. The van der Waals surface area contributed by atoms with Crippen molar-refractivity contribution >= 4 is 29.4 Å². The Hall–Kier alpha value is -1.95. The summed E-state index contributed by atoms with van der Waals surface area (Å²) in [5.74, 6) is 1.06. The second-order valence-electron chi connectivity index (χ2n) is 11.1. The van der Waals surface area contributed by atoms with Gasteiger partial charge in [0.2, 0.25) is 0 Å². The van der Waals surface area contributed by atoms with Gasteiger partial charge in [-0.3, -0.25) is 4.90 Å². The first kappa shape index (κ1) is 28.1. The minimum Gasteiger partial charge on any atom is -0.468 e. The van der Waals surface area contributed by atoms with Crippen molar-refractivity contribution in [2.75, 3.05) is 56.2 Å². The van der Waals surface area contributed by atoms with Crippen LogP contribution in [0.25, 0.3) is 5.57 Å². The third-order valence-corrected chi connectivity index (χ3v) is 9.35. The molecular weight excluding hydrogens is 482 g/mol. The molecule has 2 fully saturated rings. The van der Waals surface area contributed by atoms with Gasteiger partial charge in [-0.1, -0.05) is 32.8 Å². The highest BCUT2D eigenvalue weighted by Gasteiger charge is 2.30. The summed E-state index contributed by atoms with van der Waals surface area (Å²) in [5.41, 5.74) is 6.34. The van der Waals surface area contributed by atoms with Crippen molar-refractivity contribution < 1.29 is 9.15 Å². The van der Waals surface area contributed by atoms with Gasteiger partial charge in [0.1, 0.15) is 5.76 Å². The lowest BCUT2D eigenvalue weighted by molar-refractivity contribution is 0.0819. The number of ether oxygens (including phenoxy) is 1. The zero-order valence-corrected chi connectivity index (χ0v) is 23.9. The lowest BCUT2D eigenvalue weighted by Crippen LogP contribution is -2.46. The fourth-order valence-electron chi connectivity index (χ4n) is 6.45. The molecule has 5 nitrogen and oxygen atoms in total. The molecule has 2 aromatic rings. The number of piperazine rings is 1. The molecule has 0 unspecified atom stereocenters. The largest absolute Gasteiger partial charge is 0.468 e. The Bertz CT molecular complexity index is 1000. The molecule has 3 heterocycles. The Morgan fingerprint density at radius 2 is 1.73 bits per heavy atom. The quantitative estimate of drug-likeness (QED) is 0.368. The Morgan fingerprint density at radius 3 is 2.32 bits per heavy atom. The van der Waals surface area contributed by atoms with Crippen LogP contribution in [0.3, 0.4) is 0 Å².